The lowest BCUT2D eigenvalue weighted by molar-refractivity contribution is 1.07. The molecule has 4 N–H and O–H groups in total. The molecule has 5 heteroatoms. The van der Waals surface area contributed by atoms with Crippen LogP contribution in [0.2, 0.25) is 5.02 Å². The maximum Gasteiger partial charge on any atom is 0.159 e. The van der Waals surface area contributed by atoms with Crippen molar-refractivity contribution in [2.24, 2.45) is 16.5 Å². The van der Waals surface area contributed by atoms with Gasteiger partial charge in [-0.2, -0.15) is 0 Å². The zero-order valence-corrected chi connectivity index (χ0v) is 10.1. The number of nitrogens with two attached hydrogens (primary N) is 2. The number of hydrogen-bond acceptors (Lipinski definition) is 3. The molecule has 3 nitrogen and oxygen atoms in total. The van der Waals surface area contributed by atoms with Gasteiger partial charge in [-0.1, -0.05) is 30.3 Å². The van der Waals surface area contributed by atoms with Gasteiger partial charge in [0.1, 0.15) is 0 Å². The third-order valence-electron chi connectivity index (χ3n) is 1.78. The van der Waals surface area contributed by atoms with Crippen LogP contribution in [-0.4, -0.2) is 10.9 Å². The summed E-state index contributed by atoms with van der Waals surface area (Å²) in [4.78, 5) is 4.24. The zero-order valence-electron chi connectivity index (χ0n) is 8.53. The Morgan fingerprint density at radius 1 is 1.53 bits per heavy atom. The Hall–Kier alpha value is -0.710. The highest BCUT2D eigenvalue weighted by molar-refractivity contribution is 8.13. The first-order chi connectivity index (χ1) is 7.17. The number of hydrogen-bond donors (Lipinski definition) is 2. The lowest BCUT2D eigenvalue weighted by Crippen LogP contribution is -2.05. The molecule has 0 atom stereocenters. The summed E-state index contributed by atoms with van der Waals surface area (Å²) in [6, 6.07) is 5.46. The molecule has 0 aromatic heterocycles. The van der Waals surface area contributed by atoms with E-state index in [0.29, 0.717) is 16.7 Å². The lowest BCUT2D eigenvalue weighted by atomic mass is 10.2. The van der Waals surface area contributed by atoms with E-state index in [9.17, 15) is 0 Å². The minimum Gasteiger partial charge on any atom is -0.378 e. The largest absolute Gasteiger partial charge is 0.378 e. The third kappa shape index (κ3) is 3.74. The van der Waals surface area contributed by atoms with E-state index in [1.165, 1.54) is 11.8 Å². The molecule has 15 heavy (non-hydrogen) atoms. The number of halogens is 1. The van der Waals surface area contributed by atoms with E-state index in [0.717, 1.165) is 17.0 Å². The van der Waals surface area contributed by atoms with Crippen molar-refractivity contribution in [2.75, 3.05) is 5.75 Å². The summed E-state index contributed by atoms with van der Waals surface area (Å²) in [6.07, 6.45) is 0. The molecular weight excluding hydrogens is 230 g/mol. The van der Waals surface area contributed by atoms with E-state index < -0.39 is 0 Å². The smallest absolute Gasteiger partial charge is 0.159 e. The van der Waals surface area contributed by atoms with Crippen LogP contribution in [0, 0.1) is 0 Å². The minimum atomic E-state index is 0.406. The molecule has 1 rings (SSSR count). The van der Waals surface area contributed by atoms with Crippen molar-refractivity contribution in [3.8, 4) is 0 Å². The van der Waals surface area contributed by atoms with Gasteiger partial charge in [0, 0.05) is 11.6 Å². The highest BCUT2D eigenvalue weighted by Crippen LogP contribution is 2.22. The normalized spacial score (nSPS) is 11.8. The Morgan fingerprint density at radius 3 is 2.87 bits per heavy atom. The van der Waals surface area contributed by atoms with Crippen LogP contribution in [0.15, 0.2) is 23.2 Å². The second-order valence-corrected chi connectivity index (χ2v) is 4.55. The van der Waals surface area contributed by atoms with Crippen molar-refractivity contribution < 1.29 is 0 Å². The lowest BCUT2D eigenvalue weighted by Gasteiger charge is -2.03. The van der Waals surface area contributed by atoms with Crippen LogP contribution in [0.1, 0.15) is 12.5 Å². The molecule has 0 radical (unpaired) electrons. The maximum atomic E-state index is 5.93. The Morgan fingerprint density at radius 2 is 2.27 bits per heavy atom. The minimum absolute atomic E-state index is 0.406. The monoisotopic (exact) mass is 243 g/mol. The van der Waals surface area contributed by atoms with E-state index in [2.05, 4.69) is 4.99 Å². The summed E-state index contributed by atoms with van der Waals surface area (Å²) < 4.78 is 0. The predicted octanol–water partition coefficient (Wildman–Crippen LogP) is 2.50. The van der Waals surface area contributed by atoms with Crippen molar-refractivity contribution in [2.45, 2.75) is 13.5 Å². The number of thioether (sulfide) groups is 1. The fourth-order valence-electron chi connectivity index (χ4n) is 1.09. The quantitative estimate of drug-likeness (QED) is 0.633. The summed E-state index contributed by atoms with van der Waals surface area (Å²) in [5.74, 6) is 0.909. The van der Waals surface area contributed by atoms with Gasteiger partial charge in [0.25, 0.3) is 0 Å². The van der Waals surface area contributed by atoms with Crippen molar-refractivity contribution in [3.63, 3.8) is 0 Å². The van der Waals surface area contributed by atoms with Gasteiger partial charge in [-0.05, 0) is 29.5 Å². The van der Waals surface area contributed by atoms with Gasteiger partial charge in [0.05, 0.1) is 5.69 Å². The molecular formula is C10H14ClN3S. The molecule has 0 fully saturated rings. The predicted molar refractivity (Wildman–Crippen MR) is 68.8 cm³/mol. The maximum absolute atomic E-state index is 5.93. The molecule has 0 heterocycles. The second-order valence-electron chi connectivity index (χ2n) is 2.86. The SMILES string of the molecule is CCSC(N)=Nc1ccc(Cl)c(CN)c1. The third-order valence-corrected chi connectivity index (χ3v) is 2.83. The standard InChI is InChI=1S/C10H14ClN3S/c1-2-15-10(13)14-8-3-4-9(11)7(5-8)6-12/h3-5H,2,6,12H2,1H3,(H2,13,14). The van der Waals surface area contributed by atoms with Gasteiger partial charge >= 0.3 is 0 Å². The molecule has 0 saturated heterocycles. The Balaban J connectivity index is 2.91. The van der Waals surface area contributed by atoms with Crippen LogP contribution in [0.5, 0.6) is 0 Å². The highest BCUT2D eigenvalue weighted by atomic mass is 35.5. The van der Waals surface area contributed by atoms with Crippen molar-refractivity contribution >= 4 is 34.2 Å². The molecule has 0 aliphatic carbocycles. The molecule has 0 bridgehead atoms. The van der Waals surface area contributed by atoms with E-state index >= 15 is 0 Å². The second kappa shape index (κ2) is 6.00. The number of rotatable bonds is 3. The molecule has 0 spiro atoms. The number of nitrogens with zero attached hydrogens (tertiary/aromatic N) is 1. The Labute approximate surface area is 98.9 Å². The topological polar surface area (TPSA) is 64.4 Å². The summed E-state index contributed by atoms with van der Waals surface area (Å²) in [6.45, 7) is 2.43. The van der Waals surface area contributed by atoms with Crippen LogP contribution in [0.25, 0.3) is 0 Å². The van der Waals surface area contributed by atoms with Crippen molar-refractivity contribution in [1.82, 2.24) is 0 Å². The van der Waals surface area contributed by atoms with E-state index in [4.69, 9.17) is 23.1 Å². The summed E-state index contributed by atoms with van der Waals surface area (Å²) >= 11 is 7.44. The molecule has 0 unspecified atom stereocenters. The van der Waals surface area contributed by atoms with Gasteiger partial charge in [-0.25, -0.2) is 4.99 Å². The summed E-state index contributed by atoms with van der Waals surface area (Å²) in [5.41, 5.74) is 12.9. The van der Waals surface area contributed by atoms with Crippen LogP contribution in [0.4, 0.5) is 5.69 Å². The van der Waals surface area contributed by atoms with E-state index in [1.54, 1.807) is 6.07 Å². The van der Waals surface area contributed by atoms with Crippen LogP contribution in [0.3, 0.4) is 0 Å². The van der Waals surface area contributed by atoms with Crippen LogP contribution < -0.4 is 11.5 Å². The summed E-state index contributed by atoms with van der Waals surface area (Å²) in [7, 11) is 0. The number of aliphatic imine (C=N–C) groups is 1. The van der Waals surface area contributed by atoms with Gasteiger partial charge in [0.2, 0.25) is 0 Å². The average molecular weight is 244 g/mol. The number of benzene rings is 1. The molecule has 1 aromatic carbocycles. The van der Waals surface area contributed by atoms with Gasteiger partial charge in [-0.3, -0.25) is 0 Å². The average Bonchev–Trinajstić information content (AvgIpc) is 2.21. The Bertz CT molecular complexity index is 366. The zero-order chi connectivity index (χ0) is 11.3. The first-order valence-corrected chi connectivity index (χ1v) is 5.99. The van der Waals surface area contributed by atoms with E-state index in [-0.39, 0.29) is 0 Å². The first-order valence-electron chi connectivity index (χ1n) is 4.62. The van der Waals surface area contributed by atoms with Crippen LogP contribution >= 0.6 is 23.4 Å². The van der Waals surface area contributed by atoms with Gasteiger partial charge in [-0.15, -0.1) is 0 Å². The van der Waals surface area contributed by atoms with Crippen molar-refractivity contribution in [1.29, 1.82) is 0 Å². The Kier molecular flexibility index (Phi) is 4.94. The van der Waals surface area contributed by atoms with E-state index in [1.807, 2.05) is 19.1 Å². The van der Waals surface area contributed by atoms with Crippen molar-refractivity contribution in [3.05, 3.63) is 28.8 Å². The molecule has 82 valence electrons. The molecule has 1 aromatic rings. The highest BCUT2D eigenvalue weighted by Gasteiger charge is 2.00. The fraction of sp³-hybridized carbons (Fsp3) is 0.300. The molecule has 0 saturated carbocycles. The number of amidine groups is 1. The molecule has 0 aliphatic rings. The van der Waals surface area contributed by atoms with Crippen LogP contribution in [-0.2, 0) is 6.54 Å². The van der Waals surface area contributed by atoms with Gasteiger partial charge < -0.3 is 11.5 Å². The molecule has 0 amide bonds. The first kappa shape index (κ1) is 12.4. The summed E-state index contributed by atoms with van der Waals surface area (Å²) in [5, 5.41) is 1.22. The molecule has 0 aliphatic heterocycles. The van der Waals surface area contributed by atoms with Gasteiger partial charge in [0.15, 0.2) is 5.17 Å². The fourth-order valence-corrected chi connectivity index (χ4v) is 1.75.